The van der Waals surface area contributed by atoms with Crippen molar-refractivity contribution in [2.45, 2.75) is 50.1 Å². The Balaban J connectivity index is 1.79. The lowest BCUT2D eigenvalue weighted by Crippen LogP contribution is -2.41. The fraction of sp³-hybridized carbons (Fsp3) is 0.667. The largest absolute Gasteiger partial charge is 0.379 e. The summed E-state index contributed by atoms with van der Waals surface area (Å²) in [5.74, 6) is 0. The van der Waals surface area contributed by atoms with Gasteiger partial charge in [0.05, 0.1) is 18.1 Å². The quantitative estimate of drug-likeness (QED) is 0.817. The minimum Gasteiger partial charge on any atom is -0.379 e. The molecular weight excluding hydrogens is 324 g/mol. The summed E-state index contributed by atoms with van der Waals surface area (Å²) in [7, 11) is -3.42. The molecule has 0 saturated carbocycles. The highest BCUT2D eigenvalue weighted by atomic mass is 32.2. The lowest BCUT2D eigenvalue weighted by atomic mass is 9.95. The molecular formula is C18H28N2O3S. The fourth-order valence-corrected chi connectivity index (χ4v) is 5.19. The van der Waals surface area contributed by atoms with E-state index in [4.69, 9.17) is 4.74 Å². The van der Waals surface area contributed by atoms with Crippen LogP contribution in [0.25, 0.3) is 0 Å². The number of hydrogen-bond donors (Lipinski definition) is 0. The van der Waals surface area contributed by atoms with Crippen LogP contribution in [0.3, 0.4) is 0 Å². The van der Waals surface area contributed by atoms with Gasteiger partial charge < -0.3 is 4.74 Å². The molecule has 1 aromatic rings. The predicted molar refractivity (Wildman–Crippen MR) is 94.4 cm³/mol. The molecule has 2 fully saturated rings. The van der Waals surface area contributed by atoms with E-state index in [0.717, 1.165) is 25.1 Å². The summed E-state index contributed by atoms with van der Waals surface area (Å²) < 4.78 is 32.4. The van der Waals surface area contributed by atoms with Crippen LogP contribution in [0.1, 0.15) is 38.7 Å². The van der Waals surface area contributed by atoms with Gasteiger partial charge in [-0.3, -0.25) is 4.90 Å². The molecule has 3 rings (SSSR count). The van der Waals surface area contributed by atoms with E-state index in [0.29, 0.717) is 31.2 Å². The second-order valence-electron chi connectivity index (χ2n) is 7.04. The van der Waals surface area contributed by atoms with Gasteiger partial charge in [-0.15, -0.1) is 0 Å². The van der Waals surface area contributed by atoms with Gasteiger partial charge in [0, 0.05) is 25.2 Å². The lowest BCUT2D eigenvalue weighted by Gasteiger charge is -2.34. The number of sulfonamides is 1. The summed E-state index contributed by atoms with van der Waals surface area (Å²) in [6.07, 6.45) is 3.56. The highest BCUT2D eigenvalue weighted by molar-refractivity contribution is 7.89. The van der Waals surface area contributed by atoms with Crippen molar-refractivity contribution in [1.82, 2.24) is 9.21 Å². The molecule has 1 atom stereocenters. The van der Waals surface area contributed by atoms with E-state index < -0.39 is 10.0 Å². The van der Waals surface area contributed by atoms with Crippen LogP contribution in [-0.2, 0) is 21.3 Å². The first-order valence-electron chi connectivity index (χ1n) is 8.88. The maximum absolute atomic E-state index is 12.8. The van der Waals surface area contributed by atoms with Crippen molar-refractivity contribution in [1.29, 1.82) is 0 Å². The molecule has 2 heterocycles. The third kappa shape index (κ3) is 3.52. The van der Waals surface area contributed by atoms with Gasteiger partial charge in [0.1, 0.15) is 0 Å². The van der Waals surface area contributed by atoms with Gasteiger partial charge in [-0.05, 0) is 50.4 Å². The molecule has 0 spiro atoms. The summed E-state index contributed by atoms with van der Waals surface area (Å²) >= 11 is 0. The number of rotatable bonds is 5. The zero-order valence-electron chi connectivity index (χ0n) is 14.7. The Morgan fingerprint density at radius 3 is 2.67 bits per heavy atom. The van der Waals surface area contributed by atoms with Crippen molar-refractivity contribution < 1.29 is 13.2 Å². The number of likely N-dealkylation sites (tertiary alicyclic amines) is 1. The molecule has 0 N–H and O–H groups in total. The van der Waals surface area contributed by atoms with E-state index in [1.54, 1.807) is 6.07 Å². The Morgan fingerprint density at radius 1 is 1.21 bits per heavy atom. The van der Waals surface area contributed by atoms with Gasteiger partial charge in [-0.1, -0.05) is 19.1 Å². The average Bonchev–Trinajstić information content (AvgIpc) is 2.97. The molecule has 1 aromatic carbocycles. The van der Waals surface area contributed by atoms with Crippen molar-refractivity contribution >= 4 is 10.0 Å². The van der Waals surface area contributed by atoms with Crippen LogP contribution >= 0.6 is 0 Å². The lowest BCUT2D eigenvalue weighted by molar-refractivity contribution is 0.0730. The van der Waals surface area contributed by atoms with Crippen molar-refractivity contribution in [3.05, 3.63) is 29.8 Å². The van der Waals surface area contributed by atoms with Crippen LogP contribution < -0.4 is 0 Å². The normalized spacial score (nSPS) is 26.8. The van der Waals surface area contributed by atoms with Crippen LogP contribution in [0.2, 0.25) is 0 Å². The van der Waals surface area contributed by atoms with E-state index in [-0.39, 0.29) is 5.54 Å². The first-order chi connectivity index (χ1) is 11.5. The molecule has 6 heteroatoms. The van der Waals surface area contributed by atoms with Crippen molar-refractivity contribution in [3.8, 4) is 0 Å². The Kier molecular flexibility index (Phi) is 5.30. The Hall–Kier alpha value is -0.950. The number of ether oxygens (including phenoxy) is 1. The monoisotopic (exact) mass is 352 g/mol. The first kappa shape index (κ1) is 17.9. The van der Waals surface area contributed by atoms with Crippen molar-refractivity contribution in [2.75, 3.05) is 32.8 Å². The van der Waals surface area contributed by atoms with Gasteiger partial charge >= 0.3 is 0 Å². The van der Waals surface area contributed by atoms with Crippen LogP contribution in [0.15, 0.2) is 29.2 Å². The van der Waals surface area contributed by atoms with E-state index in [2.05, 4.69) is 18.7 Å². The fourth-order valence-electron chi connectivity index (χ4n) is 3.71. The Bertz CT molecular complexity index is 671. The molecule has 0 amide bonds. The van der Waals surface area contributed by atoms with E-state index >= 15 is 0 Å². The second kappa shape index (κ2) is 7.12. The average molecular weight is 353 g/mol. The highest BCUT2D eigenvalue weighted by Crippen LogP contribution is 2.33. The number of benzene rings is 1. The molecule has 1 unspecified atom stereocenters. The zero-order chi connectivity index (χ0) is 17.2. The number of hydrogen-bond acceptors (Lipinski definition) is 4. The molecule has 24 heavy (non-hydrogen) atoms. The topological polar surface area (TPSA) is 49.9 Å². The molecule has 0 bridgehead atoms. The van der Waals surface area contributed by atoms with E-state index in [9.17, 15) is 8.42 Å². The Morgan fingerprint density at radius 2 is 1.96 bits per heavy atom. The number of morpholine rings is 1. The smallest absolute Gasteiger partial charge is 0.243 e. The van der Waals surface area contributed by atoms with E-state index in [1.807, 2.05) is 18.2 Å². The van der Waals surface area contributed by atoms with Gasteiger partial charge in [0.2, 0.25) is 10.0 Å². The predicted octanol–water partition coefficient (Wildman–Crippen LogP) is 2.47. The van der Waals surface area contributed by atoms with Crippen LogP contribution in [0, 0.1) is 0 Å². The summed E-state index contributed by atoms with van der Waals surface area (Å²) in [4.78, 5) is 2.90. The van der Waals surface area contributed by atoms with Crippen molar-refractivity contribution in [3.63, 3.8) is 0 Å². The van der Waals surface area contributed by atoms with Crippen LogP contribution in [0.5, 0.6) is 0 Å². The van der Waals surface area contributed by atoms with Gasteiger partial charge in [-0.2, -0.15) is 4.31 Å². The highest BCUT2D eigenvalue weighted by Gasteiger charge is 2.34. The number of nitrogens with zero attached hydrogens (tertiary/aromatic N) is 2. The molecule has 0 aliphatic carbocycles. The summed E-state index contributed by atoms with van der Waals surface area (Å²) in [5, 5.41) is 0. The zero-order valence-corrected chi connectivity index (χ0v) is 15.5. The standard InChI is InChI=1S/C18H28N2O3S/c1-3-18(2)8-5-9-19(18)15-16-6-4-7-17(14-16)24(21,22)20-10-12-23-13-11-20/h4,6-7,14H,3,5,8-13,15H2,1-2H3. The maximum atomic E-state index is 12.8. The third-order valence-corrected chi connectivity index (χ3v) is 7.44. The minimum absolute atomic E-state index is 0.235. The molecule has 134 valence electrons. The molecule has 2 aliphatic rings. The molecule has 2 saturated heterocycles. The molecule has 0 aromatic heterocycles. The first-order valence-corrected chi connectivity index (χ1v) is 10.3. The van der Waals surface area contributed by atoms with Crippen LogP contribution in [0.4, 0.5) is 0 Å². The van der Waals surface area contributed by atoms with Gasteiger partial charge in [-0.25, -0.2) is 8.42 Å². The molecule has 0 radical (unpaired) electrons. The minimum atomic E-state index is -3.42. The Labute approximate surface area is 145 Å². The summed E-state index contributed by atoms with van der Waals surface area (Å²) in [6.45, 7) is 8.27. The summed E-state index contributed by atoms with van der Waals surface area (Å²) in [5.41, 5.74) is 1.31. The van der Waals surface area contributed by atoms with Crippen LogP contribution in [-0.4, -0.2) is 56.0 Å². The van der Waals surface area contributed by atoms with E-state index in [1.165, 1.54) is 17.1 Å². The second-order valence-corrected chi connectivity index (χ2v) is 8.98. The van der Waals surface area contributed by atoms with Crippen molar-refractivity contribution in [2.24, 2.45) is 0 Å². The molecule has 5 nitrogen and oxygen atoms in total. The van der Waals surface area contributed by atoms with Gasteiger partial charge in [0.15, 0.2) is 0 Å². The third-order valence-electron chi connectivity index (χ3n) is 5.55. The SMILES string of the molecule is CCC1(C)CCCN1Cc1cccc(S(=O)(=O)N2CCOCC2)c1. The summed E-state index contributed by atoms with van der Waals surface area (Å²) in [6, 6.07) is 7.45. The molecule has 2 aliphatic heterocycles. The van der Waals surface area contributed by atoms with Gasteiger partial charge in [0.25, 0.3) is 0 Å². The maximum Gasteiger partial charge on any atom is 0.243 e.